The van der Waals surface area contributed by atoms with E-state index in [0.29, 0.717) is 5.82 Å². The van der Waals surface area contributed by atoms with Crippen molar-refractivity contribution in [2.75, 3.05) is 11.9 Å². The highest BCUT2D eigenvalue weighted by Crippen LogP contribution is 2.36. The maximum Gasteiger partial charge on any atom is 0.416 e. The zero-order chi connectivity index (χ0) is 28.6. The topological polar surface area (TPSA) is 45.9 Å². The van der Waals surface area contributed by atoms with Crippen LogP contribution >= 0.6 is 23.2 Å². The molecule has 0 aliphatic rings. The van der Waals surface area contributed by atoms with Crippen molar-refractivity contribution in [1.29, 1.82) is 0 Å². The van der Waals surface area contributed by atoms with Crippen molar-refractivity contribution < 1.29 is 35.6 Å². The van der Waals surface area contributed by atoms with E-state index in [9.17, 15) is 26.3 Å². The lowest BCUT2D eigenvalue weighted by Crippen LogP contribution is -2.39. The van der Waals surface area contributed by atoms with Gasteiger partial charge in [0.15, 0.2) is 12.4 Å². The molecule has 2 N–H and O–H groups in total. The fraction of sp³-hybridized carbons (Fsp3) is 0.148. The van der Waals surface area contributed by atoms with E-state index < -0.39 is 37.1 Å². The number of halogens is 8. The molecule has 0 saturated heterocycles. The minimum absolute atomic E-state index is 0.0402. The summed E-state index contributed by atoms with van der Waals surface area (Å²) < 4.78 is 89.9. The number of fused-ring (bicyclic) bond motifs is 1. The van der Waals surface area contributed by atoms with Gasteiger partial charge in [0.1, 0.15) is 24.2 Å². The summed E-state index contributed by atoms with van der Waals surface area (Å²) in [6, 6.07) is 15.9. The number of ether oxygens (including phenoxy) is 1. The Morgan fingerprint density at radius 1 is 0.975 bits per heavy atom. The Balaban J connectivity index is 1.74. The summed E-state index contributed by atoms with van der Waals surface area (Å²) in [6.07, 6.45) is -6.20. The number of nitrogens with zero attached hydrogens (tertiary/aromatic N) is 2. The Hall–Kier alpha value is -3.83. The standard InChI is InChI=1S/C27H18Cl2F6N4O/c28-19-10-17(30)11-20(29)25(19)37-26-38(23-9-15-5-2-4-8-21(15)36-23)13-24(40-14-22(31)32)39(26)12-16-6-1-3-7-18(16)27(33,34)35/h1-11,13,22,36H,12,14H2/p+1. The van der Waals surface area contributed by atoms with Gasteiger partial charge in [-0.3, -0.25) is 0 Å². The quantitative estimate of drug-likeness (QED) is 0.140. The normalized spacial score (nSPS) is 11.9. The minimum atomic E-state index is -4.68. The molecule has 0 aliphatic heterocycles. The van der Waals surface area contributed by atoms with Crippen LogP contribution in [0.4, 0.5) is 38.0 Å². The van der Waals surface area contributed by atoms with Crippen LogP contribution in [-0.2, 0) is 12.7 Å². The van der Waals surface area contributed by atoms with Gasteiger partial charge in [0.25, 0.3) is 12.3 Å². The van der Waals surface area contributed by atoms with Crippen LogP contribution in [0.15, 0.2) is 72.9 Å². The largest absolute Gasteiger partial charge is 0.460 e. The van der Waals surface area contributed by atoms with E-state index >= 15 is 0 Å². The van der Waals surface area contributed by atoms with Gasteiger partial charge in [-0.2, -0.15) is 22.3 Å². The predicted molar refractivity (Wildman–Crippen MR) is 140 cm³/mol. The van der Waals surface area contributed by atoms with Crippen LogP contribution in [0.25, 0.3) is 16.7 Å². The highest BCUT2D eigenvalue weighted by molar-refractivity contribution is 6.39. The molecule has 40 heavy (non-hydrogen) atoms. The molecule has 0 radical (unpaired) electrons. The second-order valence-electron chi connectivity index (χ2n) is 8.72. The molecule has 0 spiro atoms. The molecule has 208 valence electrons. The molecule has 0 atom stereocenters. The van der Waals surface area contributed by atoms with Gasteiger partial charge in [0.05, 0.1) is 15.6 Å². The number of nitrogens with one attached hydrogen (secondary N) is 2. The van der Waals surface area contributed by atoms with Crippen molar-refractivity contribution in [3.63, 3.8) is 0 Å². The lowest BCUT2D eigenvalue weighted by atomic mass is 10.1. The number of para-hydroxylation sites is 1. The number of aromatic amines is 1. The molecule has 0 bridgehead atoms. The maximum absolute atomic E-state index is 13.9. The Morgan fingerprint density at radius 3 is 2.33 bits per heavy atom. The number of H-pyrrole nitrogens is 1. The number of hydrogen-bond acceptors (Lipinski definition) is 2. The molecule has 2 heterocycles. The molecule has 3 aromatic carbocycles. The van der Waals surface area contributed by atoms with Crippen molar-refractivity contribution in [3.05, 3.63) is 99.9 Å². The van der Waals surface area contributed by atoms with Crippen molar-refractivity contribution >= 4 is 45.7 Å². The number of imidazole rings is 1. The minimum Gasteiger partial charge on any atom is -0.460 e. The van der Waals surface area contributed by atoms with E-state index in [0.717, 1.165) is 29.1 Å². The summed E-state index contributed by atoms with van der Waals surface area (Å²) in [6.45, 7) is -1.46. The van der Waals surface area contributed by atoms with Crippen molar-refractivity contribution in [1.82, 2.24) is 9.55 Å². The number of anilines is 2. The van der Waals surface area contributed by atoms with Gasteiger partial charge in [-0.15, -0.1) is 0 Å². The van der Waals surface area contributed by atoms with E-state index in [2.05, 4.69) is 10.3 Å². The number of benzene rings is 3. The van der Waals surface area contributed by atoms with Gasteiger partial charge < -0.3 is 9.72 Å². The van der Waals surface area contributed by atoms with Gasteiger partial charge in [-0.1, -0.05) is 59.6 Å². The zero-order valence-corrected chi connectivity index (χ0v) is 21.8. The molecule has 5 aromatic rings. The van der Waals surface area contributed by atoms with Crippen LogP contribution < -0.4 is 14.6 Å². The molecular weight excluding hydrogens is 581 g/mol. The third kappa shape index (κ3) is 5.71. The summed E-state index contributed by atoms with van der Waals surface area (Å²) in [5, 5.41) is 3.53. The Morgan fingerprint density at radius 2 is 1.65 bits per heavy atom. The number of aromatic nitrogens is 3. The maximum atomic E-state index is 13.9. The van der Waals surface area contributed by atoms with Gasteiger partial charge in [-0.05, 0) is 29.8 Å². The Kier molecular flexibility index (Phi) is 7.61. The first-order valence-corrected chi connectivity index (χ1v) is 12.5. The molecule has 5 rings (SSSR count). The molecule has 13 heteroatoms. The van der Waals surface area contributed by atoms with E-state index in [1.807, 2.05) is 18.2 Å². The van der Waals surface area contributed by atoms with Gasteiger partial charge >= 0.3 is 12.1 Å². The third-order valence-electron chi connectivity index (χ3n) is 6.02. The molecule has 0 unspecified atom stereocenters. The van der Waals surface area contributed by atoms with E-state index in [-0.39, 0.29) is 33.1 Å². The molecule has 0 aliphatic carbocycles. The molecular formula is C27H19Cl2F6N4O+. The van der Waals surface area contributed by atoms with Crippen molar-refractivity contribution in [3.8, 4) is 11.7 Å². The van der Waals surface area contributed by atoms with Crippen LogP contribution in [0.2, 0.25) is 10.0 Å². The summed E-state index contributed by atoms with van der Waals surface area (Å²) in [5.41, 5.74) is -0.294. The molecule has 5 nitrogen and oxygen atoms in total. The molecule has 0 amide bonds. The first-order chi connectivity index (χ1) is 19.0. The monoisotopic (exact) mass is 599 g/mol. The molecule has 2 aromatic heterocycles. The van der Waals surface area contributed by atoms with Crippen LogP contribution in [0, 0.1) is 5.82 Å². The second kappa shape index (κ2) is 11.0. The van der Waals surface area contributed by atoms with Crippen LogP contribution in [0.5, 0.6) is 5.88 Å². The summed E-state index contributed by atoms with van der Waals surface area (Å²) in [5.74, 6) is -0.418. The van der Waals surface area contributed by atoms with E-state index in [1.54, 1.807) is 12.1 Å². The lowest BCUT2D eigenvalue weighted by molar-refractivity contribution is -0.678. The first-order valence-electron chi connectivity index (χ1n) is 11.7. The fourth-order valence-corrected chi connectivity index (χ4v) is 4.82. The number of rotatable bonds is 8. The average Bonchev–Trinajstić information content (AvgIpc) is 3.46. The van der Waals surface area contributed by atoms with E-state index in [1.165, 1.54) is 33.5 Å². The second-order valence-corrected chi connectivity index (χ2v) is 9.53. The SMILES string of the molecule is Fc1cc(Cl)c(Nc2n(-c3cc4ccccc4[nH]3)cc(OCC(F)F)[n+]2Cc2ccccc2C(F)(F)F)c(Cl)c1. The van der Waals surface area contributed by atoms with Gasteiger partial charge in [0, 0.05) is 17.0 Å². The average molecular weight is 600 g/mol. The van der Waals surface area contributed by atoms with E-state index in [4.69, 9.17) is 27.9 Å². The third-order valence-corrected chi connectivity index (χ3v) is 6.61. The molecule has 0 fully saturated rings. The summed E-state index contributed by atoms with van der Waals surface area (Å²) in [4.78, 5) is 3.18. The summed E-state index contributed by atoms with van der Waals surface area (Å²) in [7, 11) is 0. The fourth-order valence-electron chi connectivity index (χ4n) is 4.27. The Labute approximate surface area is 233 Å². The van der Waals surface area contributed by atoms with Gasteiger partial charge in [0.2, 0.25) is 0 Å². The molecule has 0 saturated carbocycles. The first kappa shape index (κ1) is 27.7. The van der Waals surface area contributed by atoms with Crippen LogP contribution in [-0.4, -0.2) is 22.6 Å². The summed E-state index contributed by atoms with van der Waals surface area (Å²) >= 11 is 12.5. The van der Waals surface area contributed by atoms with Crippen LogP contribution in [0.3, 0.4) is 0 Å². The predicted octanol–water partition coefficient (Wildman–Crippen LogP) is 8.15. The van der Waals surface area contributed by atoms with Crippen LogP contribution in [0.1, 0.15) is 11.1 Å². The lowest BCUT2D eigenvalue weighted by Gasteiger charge is -2.14. The van der Waals surface area contributed by atoms with Crippen molar-refractivity contribution in [2.24, 2.45) is 0 Å². The zero-order valence-electron chi connectivity index (χ0n) is 20.2. The smallest absolute Gasteiger partial charge is 0.416 e. The highest BCUT2D eigenvalue weighted by atomic mass is 35.5. The number of hydrogen-bond donors (Lipinski definition) is 2. The van der Waals surface area contributed by atoms with Crippen molar-refractivity contribution in [2.45, 2.75) is 19.1 Å². The Bertz CT molecular complexity index is 1630. The number of alkyl halides is 5. The highest BCUT2D eigenvalue weighted by Gasteiger charge is 2.35. The van der Waals surface area contributed by atoms with Gasteiger partial charge in [-0.25, -0.2) is 18.5 Å².